The highest BCUT2D eigenvalue weighted by molar-refractivity contribution is 5.98. The molecule has 0 radical (unpaired) electrons. The van der Waals surface area contributed by atoms with E-state index >= 15 is 0 Å². The van der Waals surface area contributed by atoms with E-state index < -0.39 is 0 Å². The van der Waals surface area contributed by atoms with Gasteiger partial charge in [-0.15, -0.1) is 0 Å². The van der Waals surface area contributed by atoms with Gasteiger partial charge in [-0.2, -0.15) is 10.2 Å². The molecule has 0 atom stereocenters. The van der Waals surface area contributed by atoms with Gasteiger partial charge >= 0.3 is 0 Å². The lowest BCUT2D eigenvalue weighted by molar-refractivity contribution is 0.0950. The summed E-state index contributed by atoms with van der Waals surface area (Å²) >= 11 is 0. The van der Waals surface area contributed by atoms with Crippen LogP contribution in [-0.2, 0) is 0 Å². The number of carbonyl (C=O) groups excluding carboxylic acids is 1. The minimum atomic E-state index is -0.352. The molecular weight excluding hydrogens is 244 g/mol. The fourth-order valence-electron chi connectivity index (χ4n) is 1.36. The molecule has 2 N–H and O–H groups in total. The van der Waals surface area contributed by atoms with Crippen LogP contribution >= 0.6 is 0 Å². The second kappa shape index (κ2) is 5.81. The molecule has 0 unspecified atom stereocenters. The number of hydrazone groups is 1. The van der Waals surface area contributed by atoms with Crippen LogP contribution in [0.3, 0.4) is 0 Å². The van der Waals surface area contributed by atoms with E-state index in [1.165, 1.54) is 0 Å². The second-order valence-electron chi connectivity index (χ2n) is 3.98. The maximum absolute atomic E-state index is 11.7. The Bertz CT molecular complexity index is 608. The number of hydrogen-bond donors (Lipinski definition) is 2. The van der Waals surface area contributed by atoms with Gasteiger partial charge < -0.3 is 4.42 Å². The molecule has 19 heavy (non-hydrogen) atoms. The number of furan rings is 1. The lowest BCUT2D eigenvalue weighted by atomic mass is 10.3. The Morgan fingerprint density at radius 3 is 3.05 bits per heavy atom. The maximum atomic E-state index is 11.7. The van der Waals surface area contributed by atoms with Gasteiger partial charge in [0.2, 0.25) is 0 Å². The summed E-state index contributed by atoms with van der Waals surface area (Å²) in [7, 11) is 0. The van der Waals surface area contributed by atoms with Crippen molar-refractivity contribution in [1.29, 1.82) is 0 Å². The van der Waals surface area contributed by atoms with Gasteiger partial charge in [-0.3, -0.25) is 9.89 Å². The SMILES string of the molecule is CC(/C=C/c1ccco1)=N/NC(=O)c1cc(C)[nH]n1. The van der Waals surface area contributed by atoms with E-state index in [1.54, 1.807) is 37.5 Å². The molecule has 0 bridgehead atoms. The number of carbonyl (C=O) groups is 1. The topological polar surface area (TPSA) is 83.3 Å². The van der Waals surface area contributed by atoms with E-state index in [0.717, 1.165) is 11.5 Å². The van der Waals surface area contributed by atoms with Crippen molar-refractivity contribution in [2.75, 3.05) is 0 Å². The summed E-state index contributed by atoms with van der Waals surface area (Å²) in [6.45, 7) is 3.60. The highest BCUT2D eigenvalue weighted by Gasteiger charge is 2.07. The highest BCUT2D eigenvalue weighted by atomic mass is 16.3. The van der Waals surface area contributed by atoms with Crippen molar-refractivity contribution in [3.8, 4) is 0 Å². The van der Waals surface area contributed by atoms with E-state index in [-0.39, 0.29) is 5.91 Å². The highest BCUT2D eigenvalue weighted by Crippen LogP contribution is 2.02. The van der Waals surface area contributed by atoms with Gasteiger partial charge in [-0.05, 0) is 44.2 Å². The third-order valence-electron chi connectivity index (χ3n) is 2.30. The van der Waals surface area contributed by atoms with Gasteiger partial charge in [-0.1, -0.05) is 0 Å². The minimum absolute atomic E-state index is 0.309. The quantitative estimate of drug-likeness (QED) is 0.651. The number of H-pyrrole nitrogens is 1. The molecule has 2 aromatic heterocycles. The maximum Gasteiger partial charge on any atom is 0.291 e. The smallest absolute Gasteiger partial charge is 0.291 e. The molecule has 2 heterocycles. The van der Waals surface area contributed by atoms with Crippen molar-refractivity contribution in [2.45, 2.75) is 13.8 Å². The molecule has 0 spiro atoms. The Morgan fingerprint density at radius 2 is 2.42 bits per heavy atom. The van der Waals surface area contributed by atoms with Crippen molar-refractivity contribution >= 4 is 17.7 Å². The Labute approximate surface area is 110 Å². The van der Waals surface area contributed by atoms with Crippen LogP contribution in [0.25, 0.3) is 6.08 Å². The number of aromatic nitrogens is 2. The number of hydrogen-bond acceptors (Lipinski definition) is 4. The molecule has 98 valence electrons. The third kappa shape index (κ3) is 3.67. The zero-order chi connectivity index (χ0) is 13.7. The molecule has 0 aliphatic heterocycles. The van der Waals surface area contributed by atoms with Crippen LogP contribution in [-0.4, -0.2) is 21.8 Å². The Balaban J connectivity index is 1.93. The molecular formula is C13H14N4O2. The van der Waals surface area contributed by atoms with Crippen LogP contribution in [0.5, 0.6) is 0 Å². The number of rotatable bonds is 4. The van der Waals surface area contributed by atoms with Gasteiger partial charge in [0.25, 0.3) is 5.91 Å². The molecule has 6 heteroatoms. The number of nitrogens with one attached hydrogen (secondary N) is 2. The van der Waals surface area contributed by atoms with E-state index in [9.17, 15) is 4.79 Å². The minimum Gasteiger partial charge on any atom is -0.465 e. The molecule has 0 saturated carbocycles. The number of aryl methyl sites for hydroxylation is 1. The molecule has 0 aliphatic carbocycles. The van der Waals surface area contributed by atoms with Crippen molar-refractivity contribution in [3.05, 3.63) is 47.7 Å². The van der Waals surface area contributed by atoms with Crippen molar-refractivity contribution in [2.24, 2.45) is 5.10 Å². The molecule has 0 saturated heterocycles. The fraction of sp³-hybridized carbons (Fsp3) is 0.154. The van der Waals surface area contributed by atoms with Gasteiger partial charge in [-0.25, -0.2) is 5.43 Å². The third-order valence-corrected chi connectivity index (χ3v) is 2.30. The molecule has 0 aromatic carbocycles. The lowest BCUT2D eigenvalue weighted by Gasteiger charge is -1.96. The Kier molecular flexibility index (Phi) is 3.92. The average Bonchev–Trinajstić information content (AvgIpc) is 3.04. The van der Waals surface area contributed by atoms with Crippen LogP contribution in [0, 0.1) is 6.92 Å². The average molecular weight is 258 g/mol. The number of allylic oxidation sites excluding steroid dienone is 1. The number of nitrogens with zero attached hydrogens (tertiary/aromatic N) is 2. The summed E-state index contributed by atoms with van der Waals surface area (Å²) in [5, 5.41) is 10.5. The zero-order valence-corrected chi connectivity index (χ0v) is 10.7. The van der Waals surface area contributed by atoms with Crippen LogP contribution < -0.4 is 5.43 Å². The largest absolute Gasteiger partial charge is 0.465 e. The summed E-state index contributed by atoms with van der Waals surface area (Å²) in [6.07, 6.45) is 5.10. The van der Waals surface area contributed by atoms with Crippen LogP contribution in [0.4, 0.5) is 0 Å². The van der Waals surface area contributed by atoms with Gasteiger partial charge in [0.15, 0.2) is 5.69 Å². The second-order valence-corrected chi connectivity index (χ2v) is 3.98. The van der Waals surface area contributed by atoms with Crippen LogP contribution in [0.2, 0.25) is 0 Å². The Hall–Kier alpha value is -2.63. The normalized spacial score (nSPS) is 12.0. The molecule has 0 aliphatic rings. The van der Waals surface area contributed by atoms with E-state index in [1.807, 2.05) is 13.0 Å². The molecule has 0 fully saturated rings. The van der Waals surface area contributed by atoms with Gasteiger partial charge in [0, 0.05) is 5.69 Å². The molecule has 1 amide bonds. The van der Waals surface area contributed by atoms with Crippen molar-refractivity contribution < 1.29 is 9.21 Å². The lowest BCUT2D eigenvalue weighted by Crippen LogP contribution is -2.19. The van der Waals surface area contributed by atoms with E-state index in [4.69, 9.17) is 4.42 Å². The zero-order valence-electron chi connectivity index (χ0n) is 10.7. The predicted molar refractivity (Wildman–Crippen MR) is 71.6 cm³/mol. The van der Waals surface area contributed by atoms with E-state index in [0.29, 0.717) is 11.4 Å². The fourth-order valence-corrected chi connectivity index (χ4v) is 1.36. The van der Waals surface area contributed by atoms with Crippen molar-refractivity contribution in [3.63, 3.8) is 0 Å². The summed E-state index contributed by atoms with van der Waals surface area (Å²) in [5.41, 5.74) is 4.21. The first-order valence-electron chi connectivity index (χ1n) is 5.73. The van der Waals surface area contributed by atoms with E-state index in [2.05, 4.69) is 20.7 Å². The molecule has 2 rings (SSSR count). The summed E-state index contributed by atoms with van der Waals surface area (Å²) in [4.78, 5) is 11.7. The van der Waals surface area contributed by atoms with Crippen LogP contribution in [0.1, 0.15) is 28.9 Å². The molecule has 2 aromatic rings. The number of amides is 1. The monoisotopic (exact) mass is 258 g/mol. The van der Waals surface area contributed by atoms with Crippen molar-refractivity contribution in [1.82, 2.24) is 15.6 Å². The first-order chi connectivity index (χ1) is 9.15. The number of aromatic amines is 1. The first kappa shape index (κ1) is 12.8. The summed E-state index contributed by atoms with van der Waals surface area (Å²) in [6, 6.07) is 5.28. The summed E-state index contributed by atoms with van der Waals surface area (Å²) in [5.74, 6) is 0.374. The van der Waals surface area contributed by atoms with Crippen LogP contribution in [0.15, 0.2) is 40.1 Å². The molecule has 6 nitrogen and oxygen atoms in total. The first-order valence-corrected chi connectivity index (χ1v) is 5.73. The van der Waals surface area contributed by atoms with Gasteiger partial charge in [0.05, 0.1) is 12.0 Å². The Morgan fingerprint density at radius 1 is 1.58 bits per heavy atom. The van der Waals surface area contributed by atoms with Gasteiger partial charge in [0.1, 0.15) is 5.76 Å². The summed E-state index contributed by atoms with van der Waals surface area (Å²) < 4.78 is 5.14. The standard InChI is InChI=1S/C13H14N4O2/c1-9(5-6-11-4-3-7-19-11)14-17-13(18)12-8-10(2)15-16-12/h3-8H,1-2H3,(H,15,16)(H,17,18)/b6-5+,14-9-. The predicted octanol–water partition coefficient (Wildman–Crippen LogP) is 2.13.